The molecule has 0 amide bonds. The van der Waals surface area contributed by atoms with Crippen LogP contribution in [0.5, 0.6) is 0 Å². The molecule has 0 N–H and O–H groups in total. The smallest absolute Gasteiger partial charge is 0.306 e. The van der Waals surface area contributed by atoms with Crippen LogP contribution in [0.4, 0.5) is 0 Å². The summed E-state index contributed by atoms with van der Waals surface area (Å²) in [5.41, 5.74) is 0. The van der Waals surface area contributed by atoms with Gasteiger partial charge in [0.25, 0.3) is 0 Å². The first kappa shape index (κ1) is 58.4. The van der Waals surface area contributed by atoms with Gasteiger partial charge in [0.1, 0.15) is 6.61 Å². The van der Waals surface area contributed by atoms with E-state index in [1.165, 1.54) is 218 Å². The van der Waals surface area contributed by atoms with Gasteiger partial charge in [0, 0.05) is 19.4 Å². The van der Waals surface area contributed by atoms with Gasteiger partial charge in [0.2, 0.25) is 0 Å². The largest absolute Gasteiger partial charge is 0.462 e. The highest BCUT2D eigenvalue weighted by molar-refractivity contribution is 5.70. The number of unbranched alkanes of at least 4 members (excludes halogenated alkanes) is 35. The predicted molar refractivity (Wildman–Crippen MR) is 261 cm³/mol. The van der Waals surface area contributed by atoms with Gasteiger partial charge in [-0.05, 0) is 51.4 Å². The summed E-state index contributed by atoms with van der Waals surface area (Å²) in [4.78, 5) is 25.4. The van der Waals surface area contributed by atoms with E-state index in [4.69, 9.17) is 14.2 Å². The normalized spacial score (nSPS) is 12.2. The van der Waals surface area contributed by atoms with Crippen molar-refractivity contribution in [1.29, 1.82) is 0 Å². The molecule has 5 nitrogen and oxygen atoms in total. The number of hydrogen-bond acceptors (Lipinski definition) is 5. The lowest BCUT2D eigenvalue weighted by atomic mass is 10.0. The van der Waals surface area contributed by atoms with Gasteiger partial charge in [-0.1, -0.05) is 251 Å². The fourth-order valence-electron chi connectivity index (χ4n) is 7.95. The van der Waals surface area contributed by atoms with Crippen molar-refractivity contribution in [2.24, 2.45) is 0 Å². The SMILES string of the molecule is CCCCC/C=C\C/C=C\CCCCCCCCCC(=O)OCC(COCCCCCCCCCCCCCCCC)OC(=O)CCCCCCCCCCCCCCC. The highest BCUT2D eigenvalue weighted by Crippen LogP contribution is 2.16. The van der Waals surface area contributed by atoms with Gasteiger partial charge >= 0.3 is 11.9 Å². The Morgan fingerprint density at radius 2 is 0.700 bits per heavy atom. The van der Waals surface area contributed by atoms with E-state index in [2.05, 4.69) is 45.1 Å². The summed E-state index contributed by atoms with van der Waals surface area (Å²) in [6, 6.07) is 0. The first-order chi connectivity index (χ1) is 29.6. The van der Waals surface area contributed by atoms with Crippen LogP contribution < -0.4 is 0 Å². The summed E-state index contributed by atoms with van der Waals surface area (Å²) >= 11 is 0. The number of ether oxygens (including phenoxy) is 3. The molecule has 0 radical (unpaired) electrons. The van der Waals surface area contributed by atoms with E-state index in [0.717, 1.165) is 38.5 Å². The quantitative estimate of drug-likeness (QED) is 0.0347. The monoisotopic (exact) mass is 845 g/mol. The van der Waals surface area contributed by atoms with Gasteiger partial charge in [-0.2, -0.15) is 0 Å². The number of carbonyl (C=O) groups excluding carboxylic acids is 2. The summed E-state index contributed by atoms with van der Waals surface area (Å²) in [5.74, 6) is -0.386. The van der Waals surface area contributed by atoms with Crippen LogP contribution >= 0.6 is 0 Å². The second kappa shape index (κ2) is 51.7. The molecule has 0 aromatic rings. The van der Waals surface area contributed by atoms with Gasteiger partial charge in [-0.15, -0.1) is 0 Å². The van der Waals surface area contributed by atoms with Crippen LogP contribution in [0.15, 0.2) is 24.3 Å². The fraction of sp³-hybridized carbons (Fsp3) is 0.891. The molecule has 5 heteroatoms. The third-order valence-electron chi connectivity index (χ3n) is 12.0. The summed E-state index contributed by atoms with van der Waals surface area (Å²) in [6.45, 7) is 7.85. The molecule has 0 bridgehead atoms. The highest BCUT2D eigenvalue weighted by Gasteiger charge is 2.17. The zero-order chi connectivity index (χ0) is 43.5. The van der Waals surface area contributed by atoms with Crippen molar-refractivity contribution in [3.63, 3.8) is 0 Å². The maximum Gasteiger partial charge on any atom is 0.306 e. The molecular weight excluding hydrogens is 741 g/mol. The maximum absolute atomic E-state index is 12.8. The fourth-order valence-corrected chi connectivity index (χ4v) is 7.95. The Balaban J connectivity index is 4.22. The van der Waals surface area contributed by atoms with Gasteiger partial charge in [0.05, 0.1) is 6.61 Å². The molecule has 0 aromatic heterocycles. The van der Waals surface area contributed by atoms with E-state index < -0.39 is 6.10 Å². The lowest BCUT2D eigenvalue weighted by Crippen LogP contribution is -2.30. The van der Waals surface area contributed by atoms with E-state index >= 15 is 0 Å². The van der Waals surface area contributed by atoms with Crippen LogP contribution in [0, 0.1) is 0 Å². The molecular formula is C55H104O5. The van der Waals surface area contributed by atoms with Crippen molar-refractivity contribution in [1.82, 2.24) is 0 Å². The van der Waals surface area contributed by atoms with Crippen molar-refractivity contribution in [3.8, 4) is 0 Å². The predicted octanol–water partition coefficient (Wildman–Crippen LogP) is 18.0. The Bertz CT molecular complexity index is 913. The zero-order valence-corrected chi connectivity index (χ0v) is 40.7. The number of carbonyl (C=O) groups is 2. The first-order valence-corrected chi connectivity index (χ1v) is 26.9. The summed E-state index contributed by atoms with van der Waals surface area (Å²) < 4.78 is 17.4. The lowest BCUT2D eigenvalue weighted by Gasteiger charge is -2.18. The molecule has 354 valence electrons. The van der Waals surface area contributed by atoms with Crippen molar-refractivity contribution in [3.05, 3.63) is 24.3 Å². The van der Waals surface area contributed by atoms with Gasteiger partial charge in [-0.3, -0.25) is 9.59 Å². The van der Waals surface area contributed by atoms with E-state index in [-0.39, 0.29) is 18.5 Å². The first-order valence-electron chi connectivity index (χ1n) is 26.9. The van der Waals surface area contributed by atoms with E-state index in [9.17, 15) is 9.59 Å². The van der Waals surface area contributed by atoms with Gasteiger partial charge < -0.3 is 14.2 Å². The topological polar surface area (TPSA) is 61.8 Å². The Kier molecular flexibility index (Phi) is 50.3. The molecule has 1 atom stereocenters. The third kappa shape index (κ3) is 49.0. The standard InChI is InChI=1S/C55H104O5/c1-4-7-10-13-16-19-22-25-27-28-29-31-33-36-39-42-45-48-54(56)59-52-53(51-58-50-47-44-41-38-35-32-26-23-20-17-14-11-8-5-2)60-55(57)49-46-43-40-37-34-30-24-21-18-15-12-9-6-3/h16,19,25,27,53H,4-15,17-18,20-24,26,28-52H2,1-3H3/b19-16-,27-25-. The van der Waals surface area contributed by atoms with Gasteiger partial charge in [-0.25, -0.2) is 0 Å². The molecule has 0 aromatic carbocycles. The number of esters is 2. The molecule has 0 saturated heterocycles. The Hall–Kier alpha value is -1.62. The van der Waals surface area contributed by atoms with Crippen LogP contribution in [0.1, 0.15) is 290 Å². The zero-order valence-electron chi connectivity index (χ0n) is 40.7. The molecule has 0 aliphatic heterocycles. The summed E-state index contributed by atoms with van der Waals surface area (Å²) in [6.07, 6.45) is 60.4. The lowest BCUT2D eigenvalue weighted by molar-refractivity contribution is -0.163. The maximum atomic E-state index is 12.8. The average Bonchev–Trinajstić information content (AvgIpc) is 3.25. The molecule has 0 rings (SSSR count). The van der Waals surface area contributed by atoms with Crippen molar-refractivity contribution >= 4 is 11.9 Å². The minimum atomic E-state index is -0.531. The third-order valence-corrected chi connectivity index (χ3v) is 12.0. The van der Waals surface area contributed by atoms with E-state index in [1.807, 2.05) is 0 Å². The average molecular weight is 845 g/mol. The minimum Gasteiger partial charge on any atom is -0.462 e. The van der Waals surface area contributed by atoms with E-state index in [1.54, 1.807) is 0 Å². The second-order valence-electron chi connectivity index (χ2n) is 18.1. The summed E-state index contributed by atoms with van der Waals surface area (Å²) in [5, 5.41) is 0. The van der Waals surface area contributed by atoms with Crippen LogP contribution in [0.2, 0.25) is 0 Å². The Morgan fingerprint density at radius 1 is 0.367 bits per heavy atom. The van der Waals surface area contributed by atoms with Crippen LogP contribution in [0.25, 0.3) is 0 Å². The molecule has 0 aliphatic carbocycles. The number of rotatable bonds is 50. The molecule has 0 aliphatic rings. The number of allylic oxidation sites excluding steroid dienone is 4. The Labute approximate surface area is 375 Å². The van der Waals surface area contributed by atoms with Gasteiger partial charge in [0.15, 0.2) is 6.10 Å². The highest BCUT2D eigenvalue weighted by atomic mass is 16.6. The van der Waals surface area contributed by atoms with Crippen LogP contribution in [-0.4, -0.2) is 37.9 Å². The molecule has 0 spiro atoms. The minimum absolute atomic E-state index is 0.0889. The number of hydrogen-bond donors (Lipinski definition) is 0. The molecule has 1 unspecified atom stereocenters. The van der Waals surface area contributed by atoms with E-state index in [0.29, 0.717) is 26.1 Å². The summed E-state index contributed by atoms with van der Waals surface area (Å²) in [7, 11) is 0. The van der Waals surface area contributed by atoms with Crippen molar-refractivity contribution in [2.75, 3.05) is 19.8 Å². The van der Waals surface area contributed by atoms with Crippen LogP contribution in [-0.2, 0) is 23.8 Å². The second-order valence-corrected chi connectivity index (χ2v) is 18.1. The Morgan fingerprint density at radius 3 is 1.13 bits per heavy atom. The van der Waals surface area contributed by atoms with Crippen molar-refractivity contribution < 1.29 is 23.8 Å². The van der Waals surface area contributed by atoms with Crippen LogP contribution in [0.3, 0.4) is 0 Å². The molecule has 0 fully saturated rings. The molecule has 0 heterocycles. The molecule has 0 saturated carbocycles. The van der Waals surface area contributed by atoms with Crippen molar-refractivity contribution in [2.45, 2.75) is 297 Å². The molecule has 60 heavy (non-hydrogen) atoms.